The summed E-state index contributed by atoms with van der Waals surface area (Å²) in [6, 6.07) is 11.6. The molecule has 106 valence electrons. The maximum atomic E-state index is 3.82. The summed E-state index contributed by atoms with van der Waals surface area (Å²) in [5.74, 6) is 1.73. The highest BCUT2D eigenvalue weighted by Gasteiger charge is 2.31. The second-order valence-electron chi connectivity index (χ2n) is 5.96. The van der Waals surface area contributed by atoms with Crippen LogP contribution in [-0.4, -0.2) is 6.54 Å². The molecule has 1 aliphatic carbocycles. The van der Waals surface area contributed by atoms with Gasteiger partial charge in [-0.3, -0.25) is 0 Å². The highest BCUT2D eigenvalue weighted by atomic mass is 14.9. The van der Waals surface area contributed by atoms with E-state index in [9.17, 15) is 0 Å². The van der Waals surface area contributed by atoms with Gasteiger partial charge in [0.25, 0.3) is 0 Å². The number of nitrogens with one attached hydrogen (secondary N) is 1. The Kier molecular flexibility index (Phi) is 5.91. The van der Waals surface area contributed by atoms with Crippen molar-refractivity contribution in [3.05, 3.63) is 35.9 Å². The molecule has 2 rings (SSSR count). The van der Waals surface area contributed by atoms with Crippen LogP contribution in [0.2, 0.25) is 0 Å². The zero-order valence-electron chi connectivity index (χ0n) is 12.6. The van der Waals surface area contributed by atoms with Crippen molar-refractivity contribution >= 4 is 0 Å². The number of hydrogen-bond donors (Lipinski definition) is 1. The molecule has 0 saturated heterocycles. The van der Waals surface area contributed by atoms with Gasteiger partial charge >= 0.3 is 0 Å². The second kappa shape index (κ2) is 7.69. The lowest BCUT2D eigenvalue weighted by atomic mass is 9.72. The monoisotopic (exact) mass is 259 g/mol. The third-order valence-corrected chi connectivity index (χ3v) is 4.69. The summed E-state index contributed by atoms with van der Waals surface area (Å²) >= 11 is 0. The molecule has 0 aromatic heterocycles. The summed E-state index contributed by atoms with van der Waals surface area (Å²) in [5, 5.41) is 3.82. The highest BCUT2D eigenvalue weighted by molar-refractivity contribution is 5.20. The molecule has 1 heteroatoms. The molecule has 1 aromatic carbocycles. The lowest BCUT2D eigenvalue weighted by Crippen LogP contribution is -2.34. The van der Waals surface area contributed by atoms with Crippen molar-refractivity contribution in [1.29, 1.82) is 0 Å². The summed E-state index contributed by atoms with van der Waals surface area (Å²) in [5.41, 5.74) is 1.49. The number of hydrogen-bond acceptors (Lipinski definition) is 1. The SMILES string of the molecule is CCCNC(c1ccccc1)C1CCCCC1CC. The van der Waals surface area contributed by atoms with E-state index in [-0.39, 0.29) is 0 Å². The van der Waals surface area contributed by atoms with Crippen LogP contribution in [0.15, 0.2) is 30.3 Å². The van der Waals surface area contributed by atoms with Crippen LogP contribution in [0.1, 0.15) is 64.0 Å². The Bertz CT molecular complexity index is 346. The van der Waals surface area contributed by atoms with Crippen LogP contribution in [0.5, 0.6) is 0 Å². The Morgan fingerprint density at radius 2 is 1.84 bits per heavy atom. The van der Waals surface area contributed by atoms with Crippen LogP contribution in [0.3, 0.4) is 0 Å². The Labute approximate surface area is 118 Å². The Morgan fingerprint density at radius 3 is 2.53 bits per heavy atom. The third-order valence-electron chi connectivity index (χ3n) is 4.69. The first-order chi connectivity index (χ1) is 9.36. The van der Waals surface area contributed by atoms with Gasteiger partial charge in [-0.2, -0.15) is 0 Å². The lowest BCUT2D eigenvalue weighted by Gasteiger charge is -2.37. The minimum Gasteiger partial charge on any atom is -0.310 e. The van der Waals surface area contributed by atoms with Gasteiger partial charge in [0.2, 0.25) is 0 Å². The van der Waals surface area contributed by atoms with Gasteiger partial charge in [0.15, 0.2) is 0 Å². The molecular weight excluding hydrogens is 230 g/mol. The van der Waals surface area contributed by atoms with E-state index in [1.807, 2.05) is 0 Å². The summed E-state index contributed by atoms with van der Waals surface area (Å²) in [6.07, 6.45) is 8.23. The Balaban J connectivity index is 2.16. The largest absolute Gasteiger partial charge is 0.310 e. The smallest absolute Gasteiger partial charge is 0.0351 e. The molecule has 0 heterocycles. The molecule has 1 fully saturated rings. The number of benzene rings is 1. The van der Waals surface area contributed by atoms with Gasteiger partial charge in [0.1, 0.15) is 0 Å². The molecule has 0 amide bonds. The van der Waals surface area contributed by atoms with Crippen LogP contribution < -0.4 is 5.32 Å². The van der Waals surface area contributed by atoms with Crippen molar-refractivity contribution < 1.29 is 0 Å². The van der Waals surface area contributed by atoms with Crippen molar-refractivity contribution in [2.75, 3.05) is 6.54 Å². The third kappa shape index (κ3) is 3.82. The van der Waals surface area contributed by atoms with E-state index in [4.69, 9.17) is 0 Å². The van der Waals surface area contributed by atoms with Gasteiger partial charge in [0.05, 0.1) is 0 Å². The van der Waals surface area contributed by atoms with Gasteiger partial charge < -0.3 is 5.32 Å². The van der Waals surface area contributed by atoms with Gasteiger partial charge in [-0.25, -0.2) is 0 Å². The lowest BCUT2D eigenvalue weighted by molar-refractivity contribution is 0.175. The fourth-order valence-electron chi connectivity index (χ4n) is 3.66. The van der Waals surface area contributed by atoms with Crippen molar-refractivity contribution in [2.45, 2.75) is 58.4 Å². The Morgan fingerprint density at radius 1 is 1.11 bits per heavy atom. The van der Waals surface area contributed by atoms with E-state index in [0.29, 0.717) is 6.04 Å². The molecule has 3 unspecified atom stereocenters. The predicted octanol–water partition coefficient (Wildman–Crippen LogP) is 4.94. The maximum absolute atomic E-state index is 3.82. The zero-order chi connectivity index (χ0) is 13.5. The van der Waals surface area contributed by atoms with Crippen LogP contribution >= 0.6 is 0 Å². The van der Waals surface area contributed by atoms with Crippen LogP contribution in [0, 0.1) is 11.8 Å². The molecule has 0 bridgehead atoms. The van der Waals surface area contributed by atoms with Gasteiger partial charge in [-0.15, -0.1) is 0 Å². The first-order valence-corrected chi connectivity index (χ1v) is 8.15. The first-order valence-electron chi connectivity index (χ1n) is 8.15. The topological polar surface area (TPSA) is 12.0 Å². The van der Waals surface area contributed by atoms with E-state index in [2.05, 4.69) is 49.5 Å². The zero-order valence-corrected chi connectivity index (χ0v) is 12.6. The molecule has 1 N–H and O–H groups in total. The molecule has 0 radical (unpaired) electrons. The second-order valence-corrected chi connectivity index (χ2v) is 5.96. The quantitative estimate of drug-likeness (QED) is 0.762. The normalized spacial score (nSPS) is 25.2. The molecule has 1 nitrogen and oxygen atoms in total. The van der Waals surface area contributed by atoms with Crippen LogP contribution in [-0.2, 0) is 0 Å². The fourth-order valence-corrected chi connectivity index (χ4v) is 3.66. The molecule has 19 heavy (non-hydrogen) atoms. The summed E-state index contributed by atoms with van der Waals surface area (Å²) in [7, 11) is 0. The maximum Gasteiger partial charge on any atom is 0.0351 e. The molecule has 3 atom stereocenters. The van der Waals surface area contributed by atoms with Crippen molar-refractivity contribution in [2.24, 2.45) is 11.8 Å². The van der Waals surface area contributed by atoms with E-state index in [0.717, 1.165) is 18.4 Å². The molecule has 1 aromatic rings. The Hall–Kier alpha value is -0.820. The summed E-state index contributed by atoms with van der Waals surface area (Å²) < 4.78 is 0. The molecule has 0 aliphatic heterocycles. The molecule has 1 saturated carbocycles. The van der Waals surface area contributed by atoms with E-state index in [1.165, 1.54) is 44.1 Å². The first kappa shape index (κ1) is 14.6. The van der Waals surface area contributed by atoms with E-state index < -0.39 is 0 Å². The van der Waals surface area contributed by atoms with Crippen molar-refractivity contribution in [1.82, 2.24) is 5.32 Å². The molecular formula is C18H29N. The van der Waals surface area contributed by atoms with Crippen molar-refractivity contribution in [3.63, 3.8) is 0 Å². The van der Waals surface area contributed by atoms with Gasteiger partial charge in [-0.05, 0) is 36.8 Å². The molecule has 1 aliphatic rings. The fraction of sp³-hybridized carbons (Fsp3) is 0.667. The molecule has 0 spiro atoms. The predicted molar refractivity (Wildman–Crippen MR) is 83.2 cm³/mol. The van der Waals surface area contributed by atoms with E-state index >= 15 is 0 Å². The number of rotatable bonds is 6. The van der Waals surface area contributed by atoms with Crippen LogP contribution in [0.4, 0.5) is 0 Å². The van der Waals surface area contributed by atoms with Gasteiger partial charge in [0, 0.05) is 6.04 Å². The minimum atomic E-state index is 0.561. The van der Waals surface area contributed by atoms with Crippen LogP contribution in [0.25, 0.3) is 0 Å². The summed E-state index contributed by atoms with van der Waals surface area (Å²) in [6.45, 7) is 5.75. The van der Waals surface area contributed by atoms with Crippen molar-refractivity contribution in [3.8, 4) is 0 Å². The highest BCUT2D eigenvalue weighted by Crippen LogP contribution is 2.40. The average molecular weight is 259 g/mol. The van der Waals surface area contributed by atoms with E-state index in [1.54, 1.807) is 0 Å². The standard InChI is InChI=1S/C18H29N/c1-3-14-19-18(16-11-6-5-7-12-16)17-13-9-8-10-15(17)4-2/h5-7,11-12,15,17-19H,3-4,8-10,13-14H2,1-2H3. The minimum absolute atomic E-state index is 0.561. The summed E-state index contributed by atoms with van der Waals surface area (Å²) in [4.78, 5) is 0. The average Bonchev–Trinajstić information content (AvgIpc) is 2.49. The van der Waals surface area contributed by atoms with Gasteiger partial charge in [-0.1, -0.05) is 69.9 Å².